The molecular formula is C33H46BrN3O2. The fourth-order valence-corrected chi connectivity index (χ4v) is 5.56. The molecule has 0 bridgehead atoms. The molecule has 0 aliphatic rings. The van der Waals surface area contributed by atoms with Crippen molar-refractivity contribution in [3.8, 4) is 5.75 Å². The second kappa shape index (κ2) is 12.7. The van der Waals surface area contributed by atoms with Crippen molar-refractivity contribution < 1.29 is 9.90 Å². The number of imidazole rings is 1. The van der Waals surface area contributed by atoms with Gasteiger partial charge in [-0.25, -0.2) is 0 Å². The van der Waals surface area contributed by atoms with E-state index < -0.39 is 0 Å². The minimum absolute atomic E-state index is 0.000421. The number of hydrogen-bond acceptors (Lipinski definition) is 3. The number of aryl methyl sites for hydroxylation is 1. The zero-order valence-corrected chi connectivity index (χ0v) is 26.6. The first kappa shape index (κ1) is 30.9. The van der Waals surface area contributed by atoms with Crippen molar-refractivity contribution in [2.75, 3.05) is 0 Å². The number of aromatic hydroxyl groups is 1. The topological polar surface area (TPSA) is 59.5 Å². The first-order valence-electron chi connectivity index (χ1n) is 14.2. The van der Waals surface area contributed by atoms with Crippen molar-refractivity contribution in [2.45, 2.75) is 105 Å². The minimum Gasteiger partial charge on any atom is -0.507 e. The molecule has 0 spiro atoms. The normalized spacial score (nSPS) is 12.9. The highest BCUT2D eigenvalue weighted by Crippen LogP contribution is 2.40. The molecule has 0 saturated carbocycles. The Hall–Kier alpha value is -2.60. The SMILES string of the molecule is CCC(CC)CCn1cc(Cc2ccccc2)n(CC(=O)c2cc(C(C)(C)C)c(O)c(C(C)(C)C)c2)/c1=N\Br. The van der Waals surface area contributed by atoms with E-state index in [9.17, 15) is 9.90 Å². The van der Waals surface area contributed by atoms with Gasteiger partial charge in [0.1, 0.15) is 5.75 Å². The predicted molar refractivity (Wildman–Crippen MR) is 165 cm³/mol. The minimum atomic E-state index is -0.305. The zero-order valence-electron chi connectivity index (χ0n) is 25.0. The maximum atomic E-state index is 14.0. The number of hydrogen-bond donors (Lipinski definition) is 1. The van der Waals surface area contributed by atoms with Crippen LogP contribution in [0.25, 0.3) is 0 Å². The summed E-state index contributed by atoms with van der Waals surface area (Å²) in [5.74, 6) is 0.944. The summed E-state index contributed by atoms with van der Waals surface area (Å²) in [5, 5.41) is 11.2. The molecule has 0 fully saturated rings. The highest BCUT2D eigenvalue weighted by atomic mass is 79.9. The van der Waals surface area contributed by atoms with Crippen LogP contribution in [0.1, 0.15) is 107 Å². The van der Waals surface area contributed by atoms with Gasteiger partial charge in [-0.3, -0.25) is 4.79 Å². The molecule has 0 amide bonds. The summed E-state index contributed by atoms with van der Waals surface area (Å²) in [6.45, 7) is 17.9. The summed E-state index contributed by atoms with van der Waals surface area (Å²) in [6, 6.07) is 14.1. The summed E-state index contributed by atoms with van der Waals surface area (Å²) in [7, 11) is 0. The van der Waals surface area contributed by atoms with Crippen molar-refractivity contribution in [3.63, 3.8) is 0 Å². The van der Waals surface area contributed by atoms with Crippen molar-refractivity contribution in [2.24, 2.45) is 9.94 Å². The Morgan fingerprint density at radius 1 is 0.974 bits per heavy atom. The summed E-state index contributed by atoms with van der Waals surface area (Å²) in [6.07, 6.45) is 6.23. The molecule has 0 unspecified atom stereocenters. The highest BCUT2D eigenvalue weighted by Gasteiger charge is 2.28. The summed E-state index contributed by atoms with van der Waals surface area (Å²) in [4.78, 5) is 14.0. The highest BCUT2D eigenvalue weighted by molar-refractivity contribution is 9.08. The lowest BCUT2D eigenvalue weighted by Gasteiger charge is -2.28. The van der Waals surface area contributed by atoms with Gasteiger partial charge in [-0.15, -0.1) is 0 Å². The molecule has 0 aliphatic heterocycles. The molecule has 0 radical (unpaired) electrons. The number of Topliss-reactive ketones (excluding diaryl/α,β-unsaturated/α-hetero) is 1. The Balaban J connectivity index is 2.09. The maximum absolute atomic E-state index is 14.0. The third kappa shape index (κ3) is 7.53. The van der Waals surface area contributed by atoms with Crippen LogP contribution in [0, 0.1) is 5.92 Å². The Morgan fingerprint density at radius 3 is 2.03 bits per heavy atom. The molecule has 2 aromatic carbocycles. The van der Waals surface area contributed by atoms with Crippen LogP contribution in [0.15, 0.2) is 52.7 Å². The van der Waals surface area contributed by atoms with E-state index >= 15 is 0 Å². The number of halogens is 1. The van der Waals surface area contributed by atoms with E-state index in [1.165, 1.54) is 5.56 Å². The first-order chi connectivity index (χ1) is 18.3. The Bertz CT molecular complexity index is 1300. The van der Waals surface area contributed by atoms with Gasteiger partial charge >= 0.3 is 0 Å². The van der Waals surface area contributed by atoms with Crippen LogP contribution < -0.4 is 5.62 Å². The summed E-state index contributed by atoms with van der Waals surface area (Å²) < 4.78 is 8.70. The lowest BCUT2D eigenvalue weighted by atomic mass is 9.78. The number of benzene rings is 2. The second-order valence-electron chi connectivity index (χ2n) is 12.8. The Kier molecular flexibility index (Phi) is 10.1. The van der Waals surface area contributed by atoms with Crippen molar-refractivity contribution >= 4 is 21.9 Å². The third-order valence-electron chi connectivity index (χ3n) is 7.74. The van der Waals surface area contributed by atoms with Crippen LogP contribution in [0.3, 0.4) is 0 Å². The van der Waals surface area contributed by atoms with Gasteiger partial charge in [-0.1, -0.05) is 98.6 Å². The van der Waals surface area contributed by atoms with E-state index in [0.717, 1.165) is 48.2 Å². The predicted octanol–water partition coefficient (Wildman–Crippen LogP) is 8.10. The maximum Gasteiger partial charge on any atom is 0.217 e. The molecule has 3 aromatic rings. The van der Waals surface area contributed by atoms with E-state index in [-0.39, 0.29) is 28.9 Å². The van der Waals surface area contributed by atoms with Crippen LogP contribution in [0.5, 0.6) is 5.75 Å². The van der Waals surface area contributed by atoms with Crippen LogP contribution in [-0.4, -0.2) is 20.0 Å². The molecule has 39 heavy (non-hydrogen) atoms. The standard InChI is InChI=1S/C33H46BrN3O2/c1-9-23(10-2)16-17-36-21-26(18-24-14-12-11-13-15-24)37(31(36)35-34)22-29(38)25-19-27(32(3,4)5)30(39)28(20-25)33(6,7)8/h11-15,19-21,23,39H,9-10,16-18,22H2,1-8H3/b35-31-. The average Bonchev–Trinajstić information content (AvgIpc) is 3.19. The first-order valence-corrected chi connectivity index (χ1v) is 14.9. The average molecular weight is 597 g/mol. The van der Waals surface area contributed by atoms with Gasteiger partial charge in [0, 0.05) is 41.5 Å². The lowest BCUT2D eigenvalue weighted by Crippen LogP contribution is -2.29. The van der Waals surface area contributed by atoms with Crippen LogP contribution >= 0.6 is 16.1 Å². The summed E-state index contributed by atoms with van der Waals surface area (Å²) in [5.41, 5.74) is 4.57. The van der Waals surface area contributed by atoms with Gasteiger partial charge in [0.05, 0.1) is 22.7 Å². The fourth-order valence-electron chi connectivity index (χ4n) is 5.16. The van der Waals surface area contributed by atoms with Gasteiger partial charge < -0.3 is 14.2 Å². The molecule has 212 valence electrons. The number of rotatable bonds is 10. The Labute approximate surface area is 243 Å². The molecule has 0 saturated heterocycles. The molecule has 0 aliphatic carbocycles. The van der Waals surface area contributed by atoms with Gasteiger partial charge in [0.15, 0.2) is 5.78 Å². The van der Waals surface area contributed by atoms with E-state index in [1.807, 2.05) is 34.9 Å². The van der Waals surface area contributed by atoms with E-state index in [4.69, 9.17) is 0 Å². The number of aromatic nitrogens is 2. The van der Waals surface area contributed by atoms with Crippen LogP contribution in [0.4, 0.5) is 0 Å². The van der Waals surface area contributed by atoms with E-state index in [2.05, 4.69) is 98.5 Å². The molecule has 6 heteroatoms. The van der Waals surface area contributed by atoms with Gasteiger partial charge in [0.25, 0.3) is 0 Å². The molecular weight excluding hydrogens is 550 g/mol. The van der Waals surface area contributed by atoms with Crippen molar-refractivity contribution in [3.05, 3.63) is 82.2 Å². The molecule has 0 atom stereocenters. The molecule has 1 N–H and O–H groups in total. The van der Waals surface area contributed by atoms with Crippen molar-refractivity contribution in [1.29, 1.82) is 0 Å². The Morgan fingerprint density at radius 2 is 1.54 bits per heavy atom. The number of phenols is 1. The lowest BCUT2D eigenvalue weighted by molar-refractivity contribution is 0.0969. The third-order valence-corrected chi connectivity index (χ3v) is 8.05. The number of ketones is 1. The van der Waals surface area contributed by atoms with Crippen LogP contribution in [0.2, 0.25) is 0 Å². The van der Waals surface area contributed by atoms with Crippen LogP contribution in [-0.2, 0) is 30.3 Å². The number of carbonyl (C=O) groups excluding carboxylic acids is 1. The smallest absolute Gasteiger partial charge is 0.217 e. The quantitative estimate of drug-likeness (QED) is 0.241. The molecule has 3 rings (SSSR count). The van der Waals surface area contributed by atoms with E-state index in [1.54, 1.807) is 0 Å². The molecule has 5 nitrogen and oxygen atoms in total. The van der Waals surface area contributed by atoms with E-state index in [0.29, 0.717) is 17.9 Å². The number of nitrogens with zero attached hydrogens (tertiary/aromatic N) is 3. The molecule has 1 heterocycles. The van der Waals surface area contributed by atoms with Crippen molar-refractivity contribution in [1.82, 2.24) is 9.13 Å². The number of phenolic OH excluding ortho intramolecular Hbond substituents is 1. The van der Waals surface area contributed by atoms with Gasteiger partial charge in [-0.05, 0) is 40.9 Å². The second-order valence-corrected chi connectivity index (χ2v) is 13.1. The van der Waals surface area contributed by atoms with Gasteiger partial charge in [0.2, 0.25) is 5.62 Å². The number of carbonyl (C=O) groups is 1. The largest absolute Gasteiger partial charge is 0.507 e. The zero-order chi connectivity index (χ0) is 29.0. The monoisotopic (exact) mass is 595 g/mol. The van der Waals surface area contributed by atoms with Gasteiger partial charge in [-0.2, -0.15) is 4.02 Å². The fraction of sp³-hybridized carbons (Fsp3) is 0.515. The molecule has 1 aromatic heterocycles. The summed E-state index contributed by atoms with van der Waals surface area (Å²) >= 11 is 3.37.